The fraction of sp³-hybridized carbons (Fsp3) is 0.300. The van der Waals surface area contributed by atoms with Crippen molar-refractivity contribution in [2.24, 2.45) is 9.98 Å². The van der Waals surface area contributed by atoms with Crippen LogP contribution in [0.3, 0.4) is 0 Å². The predicted octanol–water partition coefficient (Wildman–Crippen LogP) is -0.143. The van der Waals surface area contributed by atoms with Gasteiger partial charge in [-0.3, -0.25) is 9.98 Å². The summed E-state index contributed by atoms with van der Waals surface area (Å²) in [4.78, 5) is 7.96. The van der Waals surface area contributed by atoms with E-state index in [1.807, 2.05) is 0 Å². The number of hydrogen-bond acceptors (Lipinski definition) is 6. The van der Waals surface area contributed by atoms with Gasteiger partial charge in [0.25, 0.3) is 0 Å². The van der Waals surface area contributed by atoms with Crippen molar-refractivity contribution in [3.63, 3.8) is 0 Å². The zero-order chi connectivity index (χ0) is 19.4. The Kier molecular flexibility index (Phi) is 13.1. The van der Waals surface area contributed by atoms with Crippen LogP contribution < -0.4 is 20.4 Å². The molecule has 27 heavy (non-hydrogen) atoms. The first-order valence-corrected chi connectivity index (χ1v) is 8.22. The molecule has 6 nitrogen and oxygen atoms in total. The average Bonchev–Trinajstić information content (AvgIpc) is 2.65. The van der Waals surface area contributed by atoms with Crippen LogP contribution in [0.1, 0.15) is 25.0 Å². The third kappa shape index (κ3) is 8.97. The molecule has 0 aliphatic rings. The largest absolute Gasteiger partial charge is 4.00 e. The topological polar surface area (TPSA) is 117 Å². The minimum absolute atomic E-state index is 0. The normalized spacial score (nSPS) is 11.3. The van der Waals surface area contributed by atoms with Gasteiger partial charge in [-0.05, 0) is 25.0 Å². The fourth-order valence-corrected chi connectivity index (χ4v) is 2.13. The number of aliphatic imine (C=N–C) groups is 2. The predicted molar refractivity (Wildman–Crippen MR) is 95.7 cm³/mol. The molecule has 0 radical (unpaired) electrons. The summed E-state index contributed by atoms with van der Waals surface area (Å²) < 4.78 is 0. The second-order valence-electron chi connectivity index (χ2n) is 5.33. The molecule has 0 fully saturated rings. The van der Waals surface area contributed by atoms with Crippen LogP contribution in [0.25, 0.3) is 0 Å². The van der Waals surface area contributed by atoms with Crippen molar-refractivity contribution in [2.75, 3.05) is 26.3 Å². The van der Waals surface area contributed by atoms with E-state index >= 15 is 0 Å². The van der Waals surface area contributed by atoms with E-state index < -0.39 is 0 Å². The van der Waals surface area contributed by atoms with Crippen molar-refractivity contribution in [2.45, 2.75) is 13.8 Å². The van der Waals surface area contributed by atoms with Gasteiger partial charge in [0.15, 0.2) is 0 Å². The maximum atomic E-state index is 11.3. The van der Waals surface area contributed by atoms with E-state index in [1.54, 1.807) is 50.2 Å². The zero-order valence-electron chi connectivity index (χ0n) is 15.5. The molecule has 0 N–H and O–H groups in total. The first kappa shape index (κ1) is 25.0. The Labute approximate surface area is 174 Å². The van der Waals surface area contributed by atoms with Crippen LogP contribution in [0.5, 0.6) is 11.5 Å². The summed E-state index contributed by atoms with van der Waals surface area (Å²) in [6.07, 6.45) is 0. The number of benzene rings is 2. The molecule has 0 aliphatic heterocycles. The van der Waals surface area contributed by atoms with Crippen molar-refractivity contribution in [3.05, 3.63) is 59.7 Å². The van der Waals surface area contributed by atoms with E-state index in [9.17, 15) is 20.4 Å². The minimum Gasteiger partial charge on any atom is -0.872 e. The summed E-state index contributed by atoms with van der Waals surface area (Å²) >= 11 is 0. The van der Waals surface area contributed by atoms with Crippen LogP contribution in [0.2, 0.25) is 0 Å². The molecular formula is C20H22N2O4Ti. The Hall–Kier alpha value is -1.99. The molecule has 0 saturated heterocycles. The molecule has 0 atom stereocenters. The molecule has 0 aromatic heterocycles. The van der Waals surface area contributed by atoms with Gasteiger partial charge in [-0.25, -0.2) is 0 Å². The molecule has 0 saturated carbocycles. The maximum Gasteiger partial charge on any atom is 4.00 e. The molecule has 0 heterocycles. The second kappa shape index (κ2) is 14.1. The van der Waals surface area contributed by atoms with Crippen LogP contribution in [-0.4, -0.2) is 37.7 Å². The molecule has 140 valence electrons. The van der Waals surface area contributed by atoms with Gasteiger partial charge in [-0.2, -0.15) is 0 Å². The summed E-state index contributed by atoms with van der Waals surface area (Å²) in [7, 11) is 0. The molecular weight excluding hydrogens is 380 g/mol. The van der Waals surface area contributed by atoms with E-state index in [0.29, 0.717) is 22.6 Å². The van der Waals surface area contributed by atoms with E-state index in [-0.39, 0.29) is 59.5 Å². The standard InChI is InChI=1S/2C10H12NO2.Ti/c2*1-8(11-6-7-12)9-4-2-3-5-10(9)13;/h2*2-5,13H,6-7H2,1H3;/q2*-1;+4/p-2. The van der Waals surface area contributed by atoms with Crippen LogP contribution in [0.4, 0.5) is 0 Å². The van der Waals surface area contributed by atoms with Gasteiger partial charge in [0.1, 0.15) is 0 Å². The Bertz CT molecular complexity index is 685. The molecule has 0 unspecified atom stereocenters. The maximum absolute atomic E-state index is 11.3. The zero-order valence-corrected chi connectivity index (χ0v) is 17.0. The van der Waals surface area contributed by atoms with Gasteiger partial charge < -0.3 is 20.4 Å². The minimum atomic E-state index is -0.238. The van der Waals surface area contributed by atoms with Crippen molar-refractivity contribution in [3.8, 4) is 11.5 Å². The third-order valence-electron chi connectivity index (χ3n) is 3.43. The summed E-state index contributed by atoms with van der Waals surface area (Å²) in [6, 6.07) is 13.4. The summed E-state index contributed by atoms with van der Waals surface area (Å²) in [6.45, 7) is 3.48. The molecule has 0 aliphatic carbocycles. The molecule has 0 spiro atoms. The number of nitrogens with zero attached hydrogens (tertiary/aromatic N) is 2. The average molecular weight is 402 g/mol. The molecule has 7 heteroatoms. The Balaban J connectivity index is 0.000000483. The number of rotatable bonds is 6. The Morgan fingerprint density at radius 2 is 1.04 bits per heavy atom. The molecule has 0 bridgehead atoms. The number of hydrogen-bond donors (Lipinski definition) is 0. The van der Waals surface area contributed by atoms with Crippen molar-refractivity contribution < 1.29 is 42.1 Å². The van der Waals surface area contributed by atoms with E-state index in [1.165, 1.54) is 12.1 Å². The summed E-state index contributed by atoms with van der Waals surface area (Å²) in [5.41, 5.74) is 2.44. The quantitative estimate of drug-likeness (QED) is 0.494. The third-order valence-corrected chi connectivity index (χ3v) is 3.43. The monoisotopic (exact) mass is 402 g/mol. The van der Waals surface area contributed by atoms with Gasteiger partial charge in [-0.1, -0.05) is 60.0 Å². The van der Waals surface area contributed by atoms with Crippen molar-refractivity contribution in [1.29, 1.82) is 0 Å². The smallest absolute Gasteiger partial charge is 0.872 e. The van der Waals surface area contributed by atoms with Gasteiger partial charge in [0.05, 0.1) is 0 Å². The first-order valence-electron chi connectivity index (χ1n) is 8.22. The van der Waals surface area contributed by atoms with E-state index in [4.69, 9.17) is 0 Å². The summed E-state index contributed by atoms with van der Waals surface area (Å²) in [5, 5.41) is 42.9. The Morgan fingerprint density at radius 1 is 0.704 bits per heavy atom. The fourth-order valence-electron chi connectivity index (χ4n) is 2.13. The second-order valence-corrected chi connectivity index (χ2v) is 5.33. The number of para-hydroxylation sites is 2. The summed E-state index contributed by atoms with van der Waals surface area (Å²) in [5.74, 6) is -0.0932. The SMILES string of the molecule is CC(=NCC[O-])c1ccccc1[O-].CC(=NCC[O-])c1ccccc1[O-].[Ti+4]. The first-order chi connectivity index (χ1) is 12.5. The van der Waals surface area contributed by atoms with E-state index in [2.05, 4.69) is 9.98 Å². The molecule has 2 aromatic rings. The van der Waals surface area contributed by atoms with Crippen LogP contribution in [-0.2, 0) is 21.7 Å². The van der Waals surface area contributed by atoms with Crippen LogP contribution in [0, 0.1) is 0 Å². The van der Waals surface area contributed by atoms with Crippen molar-refractivity contribution >= 4 is 11.4 Å². The molecule has 0 amide bonds. The molecule has 2 aromatic carbocycles. The van der Waals surface area contributed by atoms with Crippen molar-refractivity contribution in [1.82, 2.24) is 0 Å². The van der Waals surface area contributed by atoms with Gasteiger partial charge in [-0.15, -0.1) is 13.2 Å². The van der Waals surface area contributed by atoms with E-state index in [0.717, 1.165) is 0 Å². The van der Waals surface area contributed by atoms with Gasteiger partial charge in [0.2, 0.25) is 0 Å². The van der Waals surface area contributed by atoms with Gasteiger partial charge >= 0.3 is 21.7 Å². The van der Waals surface area contributed by atoms with Crippen LogP contribution >= 0.6 is 0 Å². The van der Waals surface area contributed by atoms with Crippen LogP contribution in [0.15, 0.2) is 58.5 Å². The molecule has 2 rings (SSSR count). The van der Waals surface area contributed by atoms with Gasteiger partial charge in [0, 0.05) is 24.5 Å². The Morgan fingerprint density at radius 3 is 1.33 bits per heavy atom.